The van der Waals surface area contributed by atoms with Gasteiger partial charge in [-0.1, -0.05) is 72.4 Å². The van der Waals surface area contributed by atoms with Gasteiger partial charge in [0.1, 0.15) is 0 Å². The summed E-state index contributed by atoms with van der Waals surface area (Å²) in [6, 6.07) is 0. The molecule has 0 fully saturated rings. The molecule has 0 spiro atoms. The second-order valence-electron chi connectivity index (χ2n) is 6.10. The van der Waals surface area contributed by atoms with Crippen LogP contribution in [0.15, 0.2) is 36.5 Å². The Kier molecular flexibility index (Phi) is 5.25. The quantitative estimate of drug-likeness (QED) is 0.558. The van der Waals surface area contributed by atoms with Gasteiger partial charge in [-0.15, -0.1) is 0 Å². The van der Waals surface area contributed by atoms with Crippen LogP contribution in [0.1, 0.15) is 48.5 Å². The fourth-order valence-corrected chi connectivity index (χ4v) is 1.74. The number of hydrogen-bond donors (Lipinski definition) is 0. The zero-order chi connectivity index (χ0) is 13.0. The number of allylic oxidation sites excluding steroid dienone is 5. The predicted octanol–water partition coefficient (Wildman–Crippen LogP) is 5.38. The third-order valence-corrected chi connectivity index (χ3v) is 4.18. The van der Waals surface area contributed by atoms with Gasteiger partial charge in [0.05, 0.1) is 0 Å². The van der Waals surface area contributed by atoms with E-state index in [-0.39, 0.29) is 10.8 Å². The second-order valence-corrected chi connectivity index (χ2v) is 6.10. The third-order valence-electron chi connectivity index (χ3n) is 4.18. The molecule has 0 nitrogen and oxygen atoms in total. The van der Waals surface area contributed by atoms with Crippen molar-refractivity contribution in [1.82, 2.24) is 0 Å². The van der Waals surface area contributed by atoms with E-state index < -0.39 is 0 Å². The Bertz CT molecular complexity index is 282. The van der Waals surface area contributed by atoms with E-state index in [0.29, 0.717) is 5.92 Å². The molecule has 92 valence electrons. The van der Waals surface area contributed by atoms with Gasteiger partial charge in [-0.3, -0.25) is 0 Å². The van der Waals surface area contributed by atoms with E-state index in [9.17, 15) is 0 Å². The fourth-order valence-electron chi connectivity index (χ4n) is 1.74. The van der Waals surface area contributed by atoms with Crippen molar-refractivity contribution in [2.24, 2.45) is 16.7 Å². The van der Waals surface area contributed by atoms with Gasteiger partial charge in [0, 0.05) is 0 Å². The molecule has 0 saturated carbocycles. The first-order valence-electron chi connectivity index (χ1n) is 6.13. The molecule has 1 unspecified atom stereocenters. The monoisotopic (exact) mass is 220 g/mol. The molecule has 0 rings (SSSR count). The molecule has 0 aromatic heterocycles. The van der Waals surface area contributed by atoms with Gasteiger partial charge in [0.2, 0.25) is 0 Å². The minimum absolute atomic E-state index is 0.251. The van der Waals surface area contributed by atoms with Crippen molar-refractivity contribution in [3.8, 4) is 0 Å². The van der Waals surface area contributed by atoms with Crippen LogP contribution in [0.3, 0.4) is 0 Å². The Morgan fingerprint density at radius 2 is 1.62 bits per heavy atom. The zero-order valence-corrected chi connectivity index (χ0v) is 12.1. The highest BCUT2D eigenvalue weighted by Crippen LogP contribution is 2.46. The molecule has 0 aliphatic rings. The lowest BCUT2D eigenvalue weighted by atomic mass is 9.61. The lowest BCUT2D eigenvalue weighted by Gasteiger charge is -2.44. The molecule has 0 aromatic rings. The van der Waals surface area contributed by atoms with Gasteiger partial charge >= 0.3 is 0 Å². The Balaban J connectivity index is 5.24. The lowest BCUT2D eigenvalue weighted by Crippen LogP contribution is -2.36. The third kappa shape index (κ3) is 3.37. The summed E-state index contributed by atoms with van der Waals surface area (Å²) in [6.07, 6.45) is 8.30. The van der Waals surface area contributed by atoms with Gasteiger partial charge in [0.25, 0.3) is 0 Å². The van der Waals surface area contributed by atoms with E-state index in [0.717, 1.165) is 0 Å². The number of hydrogen-bond acceptors (Lipinski definition) is 0. The SMILES string of the molecule is C=C/C=C(\C=C/C)C(C)C(C)(C)C(C)(C)C. The minimum Gasteiger partial charge on any atom is -0.0991 e. The molecule has 0 aromatic carbocycles. The van der Waals surface area contributed by atoms with Gasteiger partial charge in [-0.25, -0.2) is 0 Å². The van der Waals surface area contributed by atoms with Crippen LogP contribution >= 0.6 is 0 Å². The van der Waals surface area contributed by atoms with E-state index in [2.05, 4.69) is 73.3 Å². The average molecular weight is 220 g/mol. The van der Waals surface area contributed by atoms with Crippen LogP contribution in [0.4, 0.5) is 0 Å². The van der Waals surface area contributed by atoms with E-state index in [1.54, 1.807) is 0 Å². The second kappa shape index (κ2) is 5.52. The highest BCUT2D eigenvalue weighted by atomic mass is 14.4. The van der Waals surface area contributed by atoms with Gasteiger partial charge < -0.3 is 0 Å². The van der Waals surface area contributed by atoms with E-state index in [1.165, 1.54) is 5.57 Å². The van der Waals surface area contributed by atoms with Crippen LogP contribution in [0.5, 0.6) is 0 Å². The molecule has 0 aliphatic heterocycles. The first-order chi connectivity index (χ1) is 7.18. The van der Waals surface area contributed by atoms with E-state index in [1.807, 2.05) is 6.08 Å². The first kappa shape index (κ1) is 15.2. The Morgan fingerprint density at radius 3 is 1.94 bits per heavy atom. The number of rotatable bonds is 4. The van der Waals surface area contributed by atoms with Gasteiger partial charge in [-0.2, -0.15) is 0 Å². The van der Waals surface area contributed by atoms with Crippen LogP contribution in [-0.2, 0) is 0 Å². The van der Waals surface area contributed by atoms with E-state index >= 15 is 0 Å². The molecule has 1 atom stereocenters. The highest BCUT2D eigenvalue weighted by Gasteiger charge is 2.38. The van der Waals surface area contributed by atoms with Crippen molar-refractivity contribution < 1.29 is 0 Å². The fraction of sp³-hybridized carbons (Fsp3) is 0.625. The molecular weight excluding hydrogens is 192 g/mol. The van der Waals surface area contributed by atoms with Crippen LogP contribution in [-0.4, -0.2) is 0 Å². The van der Waals surface area contributed by atoms with Gasteiger partial charge in [-0.05, 0) is 29.2 Å². The highest BCUT2D eigenvalue weighted by molar-refractivity contribution is 5.27. The van der Waals surface area contributed by atoms with Crippen molar-refractivity contribution in [3.05, 3.63) is 36.5 Å². The van der Waals surface area contributed by atoms with Crippen LogP contribution in [0, 0.1) is 16.7 Å². The topological polar surface area (TPSA) is 0 Å². The molecule has 0 bridgehead atoms. The van der Waals surface area contributed by atoms with Crippen molar-refractivity contribution in [3.63, 3.8) is 0 Å². The Labute approximate surface area is 102 Å². The summed E-state index contributed by atoms with van der Waals surface area (Å²) in [4.78, 5) is 0. The Morgan fingerprint density at radius 1 is 1.12 bits per heavy atom. The summed E-state index contributed by atoms with van der Waals surface area (Å²) < 4.78 is 0. The first-order valence-corrected chi connectivity index (χ1v) is 6.13. The summed E-state index contributed by atoms with van der Waals surface area (Å²) >= 11 is 0. The molecule has 16 heavy (non-hydrogen) atoms. The lowest BCUT2D eigenvalue weighted by molar-refractivity contribution is 0.0836. The predicted molar refractivity (Wildman–Crippen MR) is 75.5 cm³/mol. The molecule has 0 heteroatoms. The van der Waals surface area contributed by atoms with Crippen LogP contribution in [0.2, 0.25) is 0 Å². The maximum Gasteiger partial charge on any atom is -0.0134 e. The van der Waals surface area contributed by atoms with Crippen molar-refractivity contribution >= 4 is 0 Å². The van der Waals surface area contributed by atoms with Gasteiger partial charge in [0.15, 0.2) is 0 Å². The summed E-state index contributed by atoms with van der Waals surface area (Å²) in [5.41, 5.74) is 1.90. The minimum atomic E-state index is 0.251. The maximum absolute atomic E-state index is 3.80. The molecule has 0 amide bonds. The maximum atomic E-state index is 3.80. The summed E-state index contributed by atoms with van der Waals surface area (Å²) in [7, 11) is 0. The molecular formula is C16H28. The summed E-state index contributed by atoms with van der Waals surface area (Å²) in [5.74, 6) is 0.515. The van der Waals surface area contributed by atoms with Crippen molar-refractivity contribution in [2.45, 2.75) is 48.5 Å². The van der Waals surface area contributed by atoms with Crippen LogP contribution < -0.4 is 0 Å². The largest absolute Gasteiger partial charge is 0.0991 e. The summed E-state index contributed by atoms with van der Waals surface area (Å²) in [5, 5.41) is 0. The van der Waals surface area contributed by atoms with Crippen molar-refractivity contribution in [2.75, 3.05) is 0 Å². The standard InChI is InChI=1S/C16H28/c1-9-11-14(12-10-2)13(3)16(7,8)15(4,5)6/h9-13H,1H2,2-8H3/b12-10-,14-11+. The smallest absolute Gasteiger partial charge is 0.0134 e. The molecule has 0 heterocycles. The van der Waals surface area contributed by atoms with Crippen molar-refractivity contribution in [1.29, 1.82) is 0 Å². The Hall–Kier alpha value is -0.780. The summed E-state index contributed by atoms with van der Waals surface area (Å²) in [6.45, 7) is 19.8. The molecule has 0 saturated heterocycles. The van der Waals surface area contributed by atoms with Crippen LogP contribution in [0.25, 0.3) is 0 Å². The average Bonchev–Trinajstić information content (AvgIpc) is 2.14. The zero-order valence-electron chi connectivity index (χ0n) is 12.1. The normalized spacial score (nSPS) is 16.6. The molecule has 0 aliphatic carbocycles. The molecule has 0 N–H and O–H groups in total. The van der Waals surface area contributed by atoms with E-state index in [4.69, 9.17) is 0 Å². The molecule has 0 radical (unpaired) electrons.